The van der Waals surface area contributed by atoms with Crippen molar-refractivity contribution in [3.05, 3.63) is 33.8 Å². The quantitative estimate of drug-likeness (QED) is 0.900. The van der Waals surface area contributed by atoms with Gasteiger partial charge >= 0.3 is 0 Å². The molecule has 0 amide bonds. The second-order valence-electron chi connectivity index (χ2n) is 4.42. The van der Waals surface area contributed by atoms with Gasteiger partial charge < -0.3 is 5.73 Å². The minimum absolute atomic E-state index is 0.610. The van der Waals surface area contributed by atoms with Gasteiger partial charge in [0.15, 0.2) is 0 Å². The number of benzene rings is 1. The molecule has 0 spiro atoms. The monoisotopic (exact) mass is 282 g/mol. The van der Waals surface area contributed by atoms with Crippen LogP contribution >= 0.6 is 15.9 Å². The molecule has 1 aromatic rings. The summed E-state index contributed by atoms with van der Waals surface area (Å²) in [7, 11) is 0. The molecule has 0 atom stereocenters. The molecular weight excluding hydrogens is 264 g/mol. The summed E-state index contributed by atoms with van der Waals surface area (Å²) in [4.78, 5) is 2.54. The Kier molecular flexibility index (Phi) is 4.00. The van der Waals surface area contributed by atoms with E-state index in [-0.39, 0.29) is 0 Å². The lowest BCUT2D eigenvalue weighted by Crippen LogP contribution is -2.25. The van der Waals surface area contributed by atoms with Crippen LogP contribution in [-0.2, 0) is 13.1 Å². The molecule has 0 bridgehead atoms. The zero-order chi connectivity index (χ0) is 11.5. The van der Waals surface area contributed by atoms with Gasteiger partial charge in [-0.1, -0.05) is 35.0 Å². The van der Waals surface area contributed by atoms with Crippen molar-refractivity contribution in [2.45, 2.75) is 38.9 Å². The molecule has 0 aromatic heterocycles. The fourth-order valence-corrected chi connectivity index (χ4v) is 2.56. The first kappa shape index (κ1) is 12.1. The standard InChI is InChI=1S/C13H19BrN2/c1-2-16(12-5-6-12)9-11-4-3-10(8-15)7-13(11)14/h3-4,7,12H,2,5-6,8-9,15H2,1H3. The van der Waals surface area contributed by atoms with Crippen LogP contribution in [-0.4, -0.2) is 17.5 Å². The van der Waals surface area contributed by atoms with Crippen LogP contribution in [0.1, 0.15) is 30.9 Å². The summed E-state index contributed by atoms with van der Waals surface area (Å²) in [6, 6.07) is 7.28. The Bertz CT molecular complexity index is 361. The van der Waals surface area contributed by atoms with E-state index in [0.717, 1.165) is 19.1 Å². The summed E-state index contributed by atoms with van der Waals surface area (Å²) in [5, 5.41) is 0. The molecular formula is C13H19BrN2. The fraction of sp³-hybridized carbons (Fsp3) is 0.538. The summed E-state index contributed by atoms with van der Waals surface area (Å²) >= 11 is 3.63. The fourth-order valence-electron chi connectivity index (χ4n) is 2.00. The topological polar surface area (TPSA) is 29.3 Å². The zero-order valence-corrected chi connectivity index (χ0v) is 11.3. The Morgan fingerprint density at radius 2 is 2.19 bits per heavy atom. The van der Waals surface area contributed by atoms with Gasteiger partial charge in [-0.05, 0) is 36.6 Å². The first-order valence-corrected chi connectivity index (χ1v) is 6.75. The van der Waals surface area contributed by atoms with Gasteiger partial charge in [0, 0.05) is 23.6 Å². The summed E-state index contributed by atoms with van der Waals surface area (Å²) in [6.45, 7) is 5.03. The average molecular weight is 283 g/mol. The van der Waals surface area contributed by atoms with E-state index in [2.05, 4.69) is 46.0 Å². The van der Waals surface area contributed by atoms with Crippen molar-refractivity contribution in [3.63, 3.8) is 0 Å². The minimum atomic E-state index is 0.610. The third kappa shape index (κ3) is 2.84. The van der Waals surface area contributed by atoms with Crippen molar-refractivity contribution in [1.29, 1.82) is 0 Å². The highest BCUT2D eigenvalue weighted by molar-refractivity contribution is 9.10. The maximum absolute atomic E-state index is 5.62. The van der Waals surface area contributed by atoms with Crippen LogP contribution in [0.5, 0.6) is 0 Å². The van der Waals surface area contributed by atoms with Crippen molar-refractivity contribution in [3.8, 4) is 0 Å². The highest BCUT2D eigenvalue weighted by atomic mass is 79.9. The van der Waals surface area contributed by atoms with Gasteiger partial charge in [-0.25, -0.2) is 0 Å². The second-order valence-corrected chi connectivity index (χ2v) is 5.28. The first-order valence-electron chi connectivity index (χ1n) is 5.96. The lowest BCUT2D eigenvalue weighted by molar-refractivity contribution is 0.269. The molecule has 1 saturated carbocycles. The maximum Gasteiger partial charge on any atom is 0.0247 e. The Hall–Kier alpha value is -0.380. The van der Waals surface area contributed by atoms with E-state index in [9.17, 15) is 0 Å². The van der Waals surface area contributed by atoms with Gasteiger partial charge in [-0.15, -0.1) is 0 Å². The van der Waals surface area contributed by atoms with Crippen molar-refractivity contribution in [2.24, 2.45) is 5.73 Å². The number of nitrogens with two attached hydrogens (primary N) is 1. The molecule has 1 aliphatic carbocycles. The van der Waals surface area contributed by atoms with Crippen molar-refractivity contribution < 1.29 is 0 Å². The van der Waals surface area contributed by atoms with Crippen LogP contribution in [0.15, 0.2) is 22.7 Å². The Morgan fingerprint density at radius 3 is 2.69 bits per heavy atom. The third-order valence-electron chi connectivity index (χ3n) is 3.20. The number of rotatable bonds is 5. The number of hydrogen-bond donors (Lipinski definition) is 1. The molecule has 0 heterocycles. The molecule has 1 aliphatic rings. The van der Waals surface area contributed by atoms with Crippen LogP contribution in [0.2, 0.25) is 0 Å². The Labute approximate surface area is 106 Å². The van der Waals surface area contributed by atoms with E-state index >= 15 is 0 Å². The average Bonchev–Trinajstić information content (AvgIpc) is 3.11. The van der Waals surface area contributed by atoms with Crippen molar-refractivity contribution >= 4 is 15.9 Å². The lowest BCUT2D eigenvalue weighted by Gasteiger charge is -2.20. The van der Waals surface area contributed by atoms with Gasteiger partial charge in [0.1, 0.15) is 0 Å². The minimum Gasteiger partial charge on any atom is -0.326 e. The predicted molar refractivity (Wildman–Crippen MR) is 71.1 cm³/mol. The summed E-state index contributed by atoms with van der Waals surface area (Å²) in [5.74, 6) is 0. The molecule has 16 heavy (non-hydrogen) atoms. The van der Waals surface area contributed by atoms with E-state index in [4.69, 9.17) is 5.73 Å². The van der Waals surface area contributed by atoms with Gasteiger partial charge in [-0.2, -0.15) is 0 Å². The molecule has 1 fully saturated rings. The first-order chi connectivity index (χ1) is 7.74. The molecule has 0 aliphatic heterocycles. The van der Waals surface area contributed by atoms with E-state index in [1.54, 1.807) is 0 Å². The van der Waals surface area contributed by atoms with E-state index < -0.39 is 0 Å². The highest BCUT2D eigenvalue weighted by Crippen LogP contribution is 2.29. The molecule has 88 valence electrons. The zero-order valence-electron chi connectivity index (χ0n) is 9.75. The summed E-state index contributed by atoms with van der Waals surface area (Å²) < 4.78 is 1.19. The van der Waals surface area contributed by atoms with E-state index in [1.165, 1.54) is 28.4 Å². The smallest absolute Gasteiger partial charge is 0.0247 e. The Morgan fingerprint density at radius 1 is 1.44 bits per heavy atom. The van der Waals surface area contributed by atoms with Crippen LogP contribution in [0, 0.1) is 0 Å². The molecule has 1 aromatic carbocycles. The SMILES string of the molecule is CCN(Cc1ccc(CN)cc1Br)C1CC1. The maximum atomic E-state index is 5.62. The molecule has 3 heteroatoms. The van der Waals surface area contributed by atoms with Crippen LogP contribution in [0.4, 0.5) is 0 Å². The molecule has 2 N–H and O–H groups in total. The number of hydrogen-bond acceptors (Lipinski definition) is 2. The summed E-state index contributed by atoms with van der Waals surface area (Å²) in [6.07, 6.45) is 2.73. The number of halogens is 1. The largest absolute Gasteiger partial charge is 0.326 e. The van der Waals surface area contributed by atoms with Gasteiger partial charge in [0.2, 0.25) is 0 Å². The Balaban J connectivity index is 2.07. The van der Waals surface area contributed by atoms with Crippen LogP contribution in [0.25, 0.3) is 0 Å². The molecule has 2 rings (SSSR count). The molecule has 0 unspecified atom stereocenters. The van der Waals surface area contributed by atoms with Crippen molar-refractivity contribution in [2.75, 3.05) is 6.54 Å². The molecule has 2 nitrogen and oxygen atoms in total. The van der Waals surface area contributed by atoms with Gasteiger partial charge in [-0.3, -0.25) is 4.90 Å². The summed E-state index contributed by atoms with van der Waals surface area (Å²) in [5.41, 5.74) is 8.18. The van der Waals surface area contributed by atoms with Gasteiger partial charge in [0.05, 0.1) is 0 Å². The predicted octanol–water partition coefficient (Wildman–Crippen LogP) is 2.89. The van der Waals surface area contributed by atoms with Crippen molar-refractivity contribution in [1.82, 2.24) is 4.90 Å². The normalized spacial score (nSPS) is 15.8. The van der Waals surface area contributed by atoms with Gasteiger partial charge in [0.25, 0.3) is 0 Å². The molecule has 0 saturated heterocycles. The molecule has 0 radical (unpaired) electrons. The van der Waals surface area contributed by atoms with E-state index in [1.807, 2.05) is 0 Å². The van der Waals surface area contributed by atoms with Crippen LogP contribution in [0.3, 0.4) is 0 Å². The highest BCUT2D eigenvalue weighted by Gasteiger charge is 2.27. The second kappa shape index (κ2) is 5.30. The lowest BCUT2D eigenvalue weighted by atomic mass is 10.1. The van der Waals surface area contributed by atoms with E-state index in [0.29, 0.717) is 6.54 Å². The third-order valence-corrected chi connectivity index (χ3v) is 3.93. The number of nitrogens with zero attached hydrogens (tertiary/aromatic N) is 1. The van der Waals surface area contributed by atoms with Crippen LogP contribution < -0.4 is 5.73 Å².